The van der Waals surface area contributed by atoms with E-state index >= 15 is 0 Å². The molecule has 0 spiro atoms. The zero-order chi connectivity index (χ0) is 18.1. The molecule has 1 aliphatic rings. The summed E-state index contributed by atoms with van der Waals surface area (Å²) in [4.78, 5) is 30.3. The third kappa shape index (κ3) is 3.51. The van der Waals surface area contributed by atoms with Gasteiger partial charge in [0.25, 0.3) is 5.91 Å². The number of rotatable bonds is 3. The van der Waals surface area contributed by atoms with Crippen molar-refractivity contribution in [3.05, 3.63) is 40.9 Å². The fourth-order valence-corrected chi connectivity index (χ4v) is 2.69. The average molecular weight is 361 g/mol. The van der Waals surface area contributed by atoms with Crippen LogP contribution in [-0.2, 0) is 9.59 Å². The summed E-state index contributed by atoms with van der Waals surface area (Å²) >= 11 is 5.96. The van der Waals surface area contributed by atoms with Gasteiger partial charge in [-0.3, -0.25) is 14.5 Å². The summed E-state index contributed by atoms with van der Waals surface area (Å²) in [6.07, 6.45) is -0.710. The normalized spacial score (nSPS) is 16.2. The predicted molar refractivity (Wildman–Crippen MR) is 95.9 cm³/mol. The van der Waals surface area contributed by atoms with Crippen molar-refractivity contribution in [1.29, 1.82) is 0 Å². The molecule has 0 aliphatic carbocycles. The lowest BCUT2D eigenvalue weighted by atomic mass is 10.2. The van der Waals surface area contributed by atoms with Crippen LogP contribution in [0.2, 0.25) is 5.02 Å². The SMILES string of the molecule is Cc1ccc(Cl)cc1NC(=O)CN1C(=O)C(C)Oc2ccc(N)nc21. The topological polar surface area (TPSA) is 97.5 Å². The molecule has 1 aliphatic heterocycles. The number of nitrogens with zero attached hydrogens (tertiary/aromatic N) is 2. The Morgan fingerprint density at radius 3 is 2.92 bits per heavy atom. The van der Waals surface area contributed by atoms with E-state index in [2.05, 4.69) is 10.3 Å². The van der Waals surface area contributed by atoms with Crippen LogP contribution in [0.15, 0.2) is 30.3 Å². The Bertz CT molecular complexity index is 856. The monoisotopic (exact) mass is 360 g/mol. The van der Waals surface area contributed by atoms with Gasteiger partial charge in [0.05, 0.1) is 0 Å². The first-order valence-corrected chi connectivity index (χ1v) is 8.03. The van der Waals surface area contributed by atoms with Gasteiger partial charge in [-0.05, 0) is 43.7 Å². The third-order valence-electron chi connectivity index (χ3n) is 3.81. The van der Waals surface area contributed by atoms with Crippen molar-refractivity contribution >= 4 is 40.7 Å². The van der Waals surface area contributed by atoms with E-state index in [-0.39, 0.29) is 30.0 Å². The average Bonchev–Trinajstić information content (AvgIpc) is 2.56. The molecule has 2 heterocycles. The van der Waals surface area contributed by atoms with E-state index in [0.29, 0.717) is 16.5 Å². The summed E-state index contributed by atoms with van der Waals surface area (Å²) in [5.41, 5.74) is 7.15. The zero-order valence-corrected chi connectivity index (χ0v) is 14.5. The number of ether oxygens (including phenoxy) is 1. The van der Waals surface area contributed by atoms with Gasteiger partial charge in [0.2, 0.25) is 5.91 Å². The number of halogens is 1. The van der Waals surface area contributed by atoms with Gasteiger partial charge in [0.1, 0.15) is 12.4 Å². The first-order chi connectivity index (χ1) is 11.8. The molecule has 0 saturated carbocycles. The van der Waals surface area contributed by atoms with Crippen LogP contribution in [0.25, 0.3) is 0 Å². The van der Waals surface area contributed by atoms with Crippen LogP contribution in [0.5, 0.6) is 5.75 Å². The fourth-order valence-electron chi connectivity index (χ4n) is 2.52. The molecular weight excluding hydrogens is 344 g/mol. The third-order valence-corrected chi connectivity index (χ3v) is 4.04. The first kappa shape index (κ1) is 17.0. The molecule has 0 saturated heterocycles. The summed E-state index contributed by atoms with van der Waals surface area (Å²) in [6.45, 7) is 3.26. The van der Waals surface area contributed by atoms with E-state index in [1.807, 2.05) is 6.92 Å². The van der Waals surface area contributed by atoms with Crippen molar-refractivity contribution in [1.82, 2.24) is 4.98 Å². The second kappa shape index (κ2) is 6.60. The highest BCUT2D eigenvalue weighted by molar-refractivity contribution is 6.31. The minimum Gasteiger partial charge on any atom is -0.477 e. The zero-order valence-electron chi connectivity index (χ0n) is 13.7. The highest BCUT2D eigenvalue weighted by Crippen LogP contribution is 2.32. The summed E-state index contributed by atoms with van der Waals surface area (Å²) in [5.74, 6) is 0.154. The van der Waals surface area contributed by atoms with Crippen molar-refractivity contribution in [3.63, 3.8) is 0 Å². The number of benzene rings is 1. The molecule has 1 aromatic carbocycles. The smallest absolute Gasteiger partial charge is 0.269 e. The Kier molecular flexibility index (Phi) is 4.50. The van der Waals surface area contributed by atoms with Crippen LogP contribution in [-0.4, -0.2) is 29.4 Å². The molecule has 0 fully saturated rings. The quantitative estimate of drug-likeness (QED) is 0.875. The van der Waals surface area contributed by atoms with Gasteiger partial charge >= 0.3 is 0 Å². The van der Waals surface area contributed by atoms with Crippen molar-refractivity contribution in [2.75, 3.05) is 22.5 Å². The highest BCUT2D eigenvalue weighted by Gasteiger charge is 2.34. The lowest BCUT2D eigenvalue weighted by Gasteiger charge is -2.31. The summed E-state index contributed by atoms with van der Waals surface area (Å²) in [7, 11) is 0. The summed E-state index contributed by atoms with van der Waals surface area (Å²) < 4.78 is 5.51. The van der Waals surface area contributed by atoms with Crippen LogP contribution in [0.4, 0.5) is 17.3 Å². The molecule has 0 radical (unpaired) electrons. The lowest BCUT2D eigenvalue weighted by Crippen LogP contribution is -2.48. The van der Waals surface area contributed by atoms with Gasteiger partial charge in [-0.25, -0.2) is 4.98 Å². The Labute approximate surface area is 149 Å². The molecule has 1 aromatic heterocycles. The number of amides is 2. The van der Waals surface area contributed by atoms with Gasteiger partial charge < -0.3 is 15.8 Å². The maximum Gasteiger partial charge on any atom is 0.269 e. The van der Waals surface area contributed by atoms with Gasteiger partial charge in [-0.2, -0.15) is 0 Å². The van der Waals surface area contributed by atoms with Gasteiger partial charge in [0, 0.05) is 10.7 Å². The molecular formula is C17H17ClN4O3. The van der Waals surface area contributed by atoms with E-state index in [1.54, 1.807) is 37.3 Å². The molecule has 0 bridgehead atoms. The van der Waals surface area contributed by atoms with E-state index in [9.17, 15) is 9.59 Å². The number of nitrogen functional groups attached to an aromatic ring is 1. The summed E-state index contributed by atoms with van der Waals surface area (Å²) in [5, 5.41) is 3.27. The minimum atomic E-state index is -0.710. The van der Waals surface area contributed by atoms with Crippen LogP contribution < -0.4 is 20.7 Å². The largest absolute Gasteiger partial charge is 0.477 e. The molecule has 7 nitrogen and oxygen atoms in total. The molecule has 8 heteroatoms. The number of carbonyl (C=O) groups excluding carboxylic acids is 2. The number of hydrogen-bond donors (Lipinski definition) is 2. The molecule has 1 atom stereocenters. The van der Waals surface area contributed by atoms with Crippen molar-refractivity contribution in [2.45, 2.75) is 20.0 Å². The number of fused-ring (bicyclic) bond motifs is 1. The van der Waals surface area contributed by atoms with Crippen molar-refractivity contribution in [2.24, 2.45) is 0 Å². The van der Waals surface area contributed by atoms with Crippen LogP contribution in [0, 0.1) is 6.92 Å². The Hall–Kier alpha value is -2.80. The number of hydrogen-bond acceptors (Lipinski definition) is 5. The van der Waals surface area contributed by atoms with Gasteiger partial charge in [-0.1, -0.05) is 17.7 Å². The van der Waals surface area contributed by atoms with E-state index in [1.165, 1.54) is 4.90 Å². The van der Waals surface area contributed by atoms with E-state index in [4.69, 9.17) is 22.1 Å². The minimum absolute atomic E-state index is 0.206. The van der Waals surface area contributed by atoms with Crippen LogP contribution in [0.1, 0.15) is 12.5 Å². The molecule has 2 amide bonds. The second-order valence-electron chi connectivity index (χ2n) is 5.75. The number of nitrogens with two attached hydrogens (primary N) is 1. The standard InChI is InChI=1S/C17H17ClN4O3/c1-9-3-4-11(18)7-12(9)20-15(23)8-22-16-13(5-6-14(19)21-16)25-10(2)17(22)24/h3-7,10H,8H2,1-2H3,(H2,19,21)(H,20,23). The van der Waals surface area contributed by atoms with Gasteiger partial charge in [-0.15, -0.1) is 0 Å². The molecule has 3 N–H and O–H groups in total. The lowest BCUT2D eigenvalue weighted by molar-refractivity contribution is -0.127. The number of pyridine rings is 1. The summed E-state index contributed by atoms with van der Waals surface area (Å²) in [6, 6.07) is 8.41. The number of nitrogens with one attached hydrogen (secondary N) is 1. The van der Waals surface area contributed by atoms with Gasteiger partial charge in [0.15, 0.2) is 17.7 Å². The molecule has 1 unspecified atom stereocenters. The maximum atomic E-state index is 12.4. The molecule has 2 aromatic rings. The van der Waals surface area contributed by atoms with Crippen molar-refractivity contribution in [3.8, 4) is 5.75 Å². The predicted octanol–water partition coefficient (Wildman–Crippen LogP) is 2.38. The highest BCUT2D eigenvalue weighted by atomic mass is 35.5. The number of carbonyl (C=O) groups is 2. The maximum absolute atomic E-state index is 12.4. The molecule has 25 heavy (non-hydrogen) atoms. The van der Waals surface area contributed by atoms with Crippen LogP contribution in [0.3, 0.4) is 0 Å². The second-order valence-corrected chi connectivity index (χ2v) is 6.19. The molecule has 3 rings (SSSR count). The Morgan fingerprint density at radius 2 is 2.16 bits per heavy atom. The fraction of sp³-hybridized carbons (Fsp3) is 0.235. The molecule has 130 valence electrons. The van der Waals surface area contributed by atoms with E-state index in [0.717, 1.165) is 5.56 Å². The van der Waals surface area contributed by atoms with Crippen LogP contribution >= 0.6 is 11.6 Å². The Balaban J connectivity index is 1.84. The number of aryl methyl sites for hydroxylation is 1. The van der Waals surface area contributed by atoms with Crippen molar-refractivity contribution < 1.29 is 14.3 Å². The Morgan fingerprint density at radius 1 is 1.40 bits per heavy atom. The number of aromatic nitrogens is 1. The first-order valence-electron chi connectivity index (χ1n) is 7.65. The number of anilines is 3. The van der Waals surface area contributed by atoms with E-state index < -0.39 is 6.10 Å².